The topological polar surface area (TPSA) is 79.8 Å². The number of nitrogens with one attached hydrogen (secondary N) is 2. The molecule has 9 heteroatoms. The molecule has 0 fully saturated rings. The summed E-state index contributed by atoms with van der Waals surface area (Å²) in [4.78, 5) is 23.9. The van der Waals surface area contributed by atoms with Gasteiger partial charge >= 0.3 is 0 Å². The van der Waals surface area contributed by atoms with Crippen LogP contribution in [0.2, 0.25) is 10.0 Å². The maximum atomic E-state index is 12.0. The first-order valence-corrected chi connectivity index (χ1v) is 11.5. The van der Waals surface area contributed by atoms with E-state index < -0.39 is 0 Å². The Bertz CT molecular complexity index is 1150. The fraction of sp³-hybridized carbons (Fsp3) is 0.125. The lowest BCUT2D eigenvalue weighted by molar-refractivity contribution is -0.124. The molecule has 2 amide bonds. The zero-order chi connectivity index (χ0) is 23.6. The third kappa shape index (κ3) is 8.20. The third-order valence-corrected chi connectivity index (χ3v) is 5.59. The predicted molar refractivity (Wildman–Crippen MR) is 135 cm³/mol. The number of rotatable bonds is 9. The van der Waals surface area contributed by atoms with E-state index in [1.54, 1.807) is 24.3 Å². The quantitative estimate of drug-likeness (QED) is 0.246. The summed E-state index contributed by atoms with van der Waals surface area (Å²) in [6, 6.07) is 19.8. The molecule has 0 aliphatic rings. The lowest BCUT2D eigenvalue weighted by Crippen LogP contribution is -2.20. The Labute approximate surface area is 210 Å². The summed E-state index contributed by atoms with van der Waals surface area (Å²) in [7, 11) is 0. The second kappa shape index (κ2) is 12.4. The number of anilines is 1. The van der Waals surface area contributed by atoms with Crippen LogP contribution in [0.15, 0.2) is 76.3 Å². The Hall–Kier alpha value is -2.87. The molecule has 0 aromatic heterocycles. The highest BCUT2D eigenvalue weighted by molar-refractivity contribution is 9.10. The summed E-state index contributed by atoms with van der Waals surface area (Å²) in [6.45, 7) is 0.406. The van der Waals surface area contributed by atoms with Gasteiger partial charge in [0.1, 0.15) is 12.4 Å². The first-order chi connectivity index (χ1) is 15.9. The van der Waals surface area contributed by atoms with Crippen LogP contribution in [0, 0.1) is 0 Å². The van der Waals surface area contributed by atoms with Crippen molar-refractivity contribution in [3.05, 3.63) is 92.4 Å². The van der Waals surface area contributed by atoms with Crippen LogP contribution in [0.3, 0.4) is 0 Å². The lowest BCUT2D eigenvalue weighted by atomic mass is 10.2. The average Bonchev–Trinajstić information content (AvgIpc) is 2.80. The van der Waals surface area contributed by atoms with Crippen molar-refractivity contribution in [3.8, 4) is 5.75 Å². The van der Waals surface area contributed by atoms with Crippen LogP contribution in [-0.2, 0) is 16.2 Å². The van der Waals surface area contributed by atoms with Gasteiger partial charge in [-0.05, 0) is 69.5 Å². The van der Waals surface area contributed by atoms with Crippen molar-refractivity contribution in [3.63, 3.8) is 0 Å². The van der Waals surface area contributed by atoms with E-state index in [0.717, 1.165) is 15.6 Å². The Morgan fingerprint density at radius 2 is 1.70 bits per heavy atom. The predicted octanol–water partition coefficient (Wildman–Crippen LogP) is 6.20. The van der Waals surface area contributed by atoms with Gasteiger partial charge in [0.2, 0.25) is 11.8 Å². The smallest absolute Gasteiger partial charge is 0.240 e. The van der Waals surface area contributed by atoms with E-state index in [9.17, 15) is 9.59 Å². The number of carbonyl (C=O) groups is 2. The second-order valence-corrected chi connectivity index (χ2v) is 8.62. The number of carbonyl (C=O) groups excluding carboxylic acids is 2. The highest BCUT2D eigenvalue weighted by Gasteiger charge is 2.08. The van der Waals surface area contributed by atoms with E-state index in [0.29, 0.717) is 28.1 Å². The van der Waals surface area contributed by atoms with Gasteiger partial charge < -0.3 is 10.1 Å². The lowest BCUT2D eigenvalue weighted by Gasteiger charge is -2.09. The maximum Gasteiger partial charge on any atom is 0.240 e. The zero-order valence-electron chi connectivity index (χ0n) is 17.4. The number of amides is 2. The van der Waals surface area contributed by atoms with Gasteiger partial charge in [0, 0.05) is 17.9 Å². The monoisotopic (exact) mass is 547 g/mol. The van der Waals surface area contributed by atoms with Crippen LogP contribution in [0.4, 0.5) is 5.69 Å². The second-order valence-electron chi connectivity index (χ2n) is 6.93. The highest BCUT2D eigenvalue weighted by atomic mass is 79.9. The number of hydrazone groups is 1. The van der Waals surface area contributed by atoms with Crippen molar-refractivity contribution in [2.45, 2.75) is 19.4 Å². The van der Waals surface area contributed by atoms with Crippen molar-refractivity contribution in [1.29, 1.82) is 0 Å². The first kappa shape index (κ1) is 24.8. The summed E-state index contributed by atoms with van der Waals surface area (Å²) in [6.07, 6.45) is 1.52. The van der Waals surface area contributed by atoms with Gasteiger partial charge in [-0.15, -0.1) is 0 Å². The molecule has 0 radical (unpaired) electrons. The summed E-state index contributed by atoms with van der Waals surface area (Å²) in [5, 5.41) is 7.72. The molecule has 0 spiro atoms. The molecule has 2 N–H and O–H groups in total. The molecule has 0 unspecified atom stereocenters. The number of hydrogen-bond acceptors (Lipinski definition) is 4. The number of nitrogens with zero attached hydrogens (tertiary/aromatic N) is 1. The normalized spacial score (nSPS) is 10.8. The molecular formula is C24H20BrCl2N3O3. The van der Waals surface area contributed by atoms with Crippen molar-refractivity contribution in [2.75, 3.05) is 5.32 Å². The standard InChI is InChI=1S/C24H20BrCl2N3O3/c25-19-13-17(7-10-22(19)33-15-16-5-8-18(26)9-6-16)14-28-30-24(32)12-11-23(31)29-21-4-2-1-3-20(21)27/h1-10,13-14H,11-12,15H2,(H,29,31)(H,30,32). The minimum atomic E-state index is -0.373. The van der Waals surface area contributed by atoms with Crippen LogP contribution in [0.25, 0.3) is 0 Å². The number of hydrogen-bond donors (Lipinski definition) is 2. The van der Waals surface area contributed by atoms with Gasteiger partial charge in [-0.25, -0.2) is 5.43 Å². The van der Waals surface area contributed by atoms with Crippen molar-refractivity contribution >= 4 is 62.8 Å². The first-order valence-electron chi connectivity index (χ1n) is 9.94. The van der Waals surface area contributed by atoms with Crippen LogP contribution in [0.1, 0.15) is 24.0 Å². The minimum Gasteiger partial charge on any atom is -0.488 e. The minimum absolute atomic E-state index is 0.00516. The number of halogens is 3. The SMILES string of the molecule is O=C(CCC(=O)Nc1ccccc1Cl)NN=Cc1ccc(OCc2ccc(Cl)cc2)c(Br)c1. The fourth-order valence-electron chi connectivity index (χ4n) is 2.69. The molecule has 33 heavy (non-hydrogen) atoms. The number of ether oxygens (including phenoxy) is 1. The molecule has 0 saturated heterocycles. The van der Waals surface area contributed by atoms with Crippen molar-refractivity contribution < 1.29 is 14.3 Å². The molecule has 0 aliphatic carbocycles. The van der Waals surface area contributed by atoms with Crippen LogP contribution in [-0.4, -0.2) is 18.0 Å². The summed E-state index contributed by atoms with van der Waals surface area (Å²) in [5.41, 5.74) is 4.68. The zero-order valence-corrected chi connectivity index (χ0v) is 20.5. The number of para-hydroxylation sites is 1. The molecule has 0 atom stereocenters. The molecule has 0 bridgehead atoms. The average molecular weight is 549 g/mol. The Balaban J connectivity index is 1.43. The van der Waals surface area contributed by atoms with Crippen LogP contribution < -0.4 is 15.5 Å². The molecule has 170 valence electrons. The Kier molecular flexibility index (Phi) is 9.30. The van der Waals surface area contributed by atoms with E-state index in [4.69, 9.17) is 27.9 Å². The molecule has 3 aromatic carbocycles. The summed E-state index contributed by atoms with van der Waals surface area (Å²) < 4.78 is 6.57. The molecule has 0 heterocycles. The summed E-state index contributed by atoms with van der Waals surface area (Å²) in [5.74, 6) is -0.00133. The molecule has 3 aromatic rings. The van der Waals surface area contributed by atoms with Gasteiger partial charge in [0.15, 0.2) is 0 Å². The molecule has 0 saturated carbocycles. The molecular weight excluding hydrogens is 529 g/mol. The Morgan fingerprint density at radius 1 is 0.970 bits per heavy atom. The van der Waals surface area contributed by atoms with E-state index in [1.165, 1.54) is 6.21 Å². The summed E-state index contributed by atoms with van der Waals surface area (Å²) >= 11 is 15.4. The molecule has 3 rings (SSSR count). The van der Waals surface area contributed by atoms with Gasteiger partial charge in [-0.2, -0.15) is 5.10 Å². The van der Waals surface area contributed by atoms with Crippen molar-refractivity contribution in [1.82, 2.24) is 5.43 Å². The number of benzene rings is 3. The third-order valence-electron chi connectivity index (χ3n) is 4.39. The fourth-order valence-corrected chi connectivity index (χ4v) is 3.51. The van der Waals surface area contributed by atoms with E-state index in [1.807, 2.05) is 42.5 Å². The largest absolute Gasteiger partial charge is 0.488 e. The van der Waals surface area contributed by atoms with Gasteiger partial charge in [-0.1, -0.05) is 47.5 Å². The van der Waals surface area contributed by atoms with E-state index in [2.05, 4.69) is 31.8 Å². The van der Waals surface area contributed by atoms with E-state index in [-0.39, 0.29) is 24.7 Å². The van der Waals surface area contributed by atoms with Gasteiger partial charge in [-0.3, -0.25) is 9.59 Å². The Morgan fingerprint density at radius 3 is 2.42 bits per heavy atom. The van der Waals surface area contributed by atoms with Crippen LogP contribution in [0.5, 0.6) is 5.75 Å². The highest BCUT2D eigenvalue weighted by Crippen LogP contribution is 2.26. The van der Waals surface area contributed by atoms with Crippen LogP contribution >= 0.6 is 39.1 Å². The molecule has 0 aliphatic heterocycles. The van der Waals surface area contributed by atoms with Gasteiger partial charge in [0.05, 0.1) is 21.4 Å². The molecule has 6 nitrogen and oxygen atoms in total. The van der Waals surface area contributed by atoms with Gasteiger partial charge in [0.25, 0.3) is 0 Å². The van der Waals surface area contributed by atoms with Crippen molar-refractivity contribution in [2.24, 2.45) is 5.10 Å². The van der Waals surface area contributed by atoms with E-state index >= 15 is 0 Å². The maximum absolute atomic E-state index is 12.0.